The maximum Gasteiger partial charge on any atom is 0.168 e. The zero-order valence-electron chi connectivity index (χ0n) is 6.87. The molecule has 3 nitrogen and oxygen atoms in total. The van der Waals surface area contributed by atoms with Gasteiger partial charge in [-0.25, -0.2) is 4.98 Å². The molecule has 0 atom stereocenters. The summed E-state index contributed by atoms with van der Waals surface area (Å²) < 4.78 is 0. The Morgan fingerprint density at radius 1 is 1.29 bits per heavy atom. The zero-order valence-corrected chi connectivity index (χ0v) is 8.38. The van der Waals surface area contributed by atoms with E-state index in [-0.39, 0.29) is 5.15 Å². The summed E-state index contributed by atoms with van der Waals surface area (Å²) in [6.45, 7) is 0. The molecule has 0 fully saturated rings. The molecule has 0 saturated carbocycles. The summed E-state index contributed by atoms with van der Waals surface area (Å²) in [5.74, 6) is 0. The van der Waals surface area contributed by atoms with Crippen molar-refractivity contribution in [3.8, 4) is 0 Å². The summed E-state index contributed by atoms with van der Waals surface area (Å²) in [6.07, 6.45) is 2.17. The first-order valence-electron chi connectivity index (χ1n) is 3.77. The van der Waals surface area contributed by atoms with Crippen LogP contribution < -0.4 is 0 Å². The summed E-state index contributed by atoms with van der Waals surface area (Å²) in [6, 6.07) is 3.25. The van der Waals surface area contributed by atoms with E-state index in [0.717, 1.165) is 5.39 Å². The molecule has 0 N–H and O–H groups in total. The van der Waals surface area contributed by atoms with Crippen molar-refractivity contribution < 1.29 is 4.79 Å². The zero-order chi connectivity index (χ0) is 10.1. The molecule has 2 heterocycles. The molecular weight excluding hydrogens is 223 g/mol. The van der Waals surface area contributed by atoms with E-state index in [1.165, 1.54) is 6.20 Å². The first-order chi connectivity index (χ1) is 6.70. The fourth-order valence-corrected chi connectivity index (χ4v) is 1.65. The van der Waals surface area contributed by atoms with E-state index in [0.29, 0.717) is 22.5 Å². The third-order valence-corrected chi connectivity index (χ3v) is 2.26. The number of halogens is 2. The molecule has 0 aliphatic heterocycles. The van der Waals surface area contributed by atoms with E-state index in [1.54, 1.807) is 12.1 Å². The van der Waals surface area contributed by atoms with Gasteiger partial charge in [0.25, 0.3) is 0 Å². The molecule has 2 aromatic rings. The average molecular weight is 227 g/mol. The minimum atomic E-state index is 0.289. The van der Waals surface area contributed by atoms with Crippen molar-refractivity contribution >= 4 is 40.3 Å². The number of aldehydes is 1. The monoisotopic (exact) mass is 226 g/mol. The fraction of sp³-hybridized carbons (Fsp3) is 0. The van der Waals surface area contributed by atoms with Crippen LogP contribution in [0.25, 0.3) is 10.8 Å². The van der Waals surface area contributed by atoms with Gasteiger partial charge in [-0.2, -0.15) is 0 Å². The number of hydrogen-bond donors (Lipinski definition) is 0. The molecule has 0 aliphatic rings. The van der Waals surface area contributed by atoms with Crippen LogP contribution in [0.5, 0.6) is 0 Å². The normalized spacial score (nSPS) is 10.4. The average Bonchev–Trinajstić information content (AvgIpc) is 2.16. The number of pyridine rings is 2. The first kappa shape index (κ1) is 9.37. The van der Waals surface area contributed by atoms with E-state index in [4.69, 9.17) is 23.2 Å². The van der Waals surface area contributed by atoms with Crippen LogP contribution in [0.2, 0.25) is 10.3 Å². The van der Waals surface area contributed by atoms with Gasteiger partial charge in [0.05, 0.1) is 0 Å². The Balaban J connectivity index is 2.81. The lowest BCUT2D eigenvalue weighted by Gasteiger charge is -2.00. The molecule has 0 saturated heterocycles. The Hall–Kier alpha value is -1.19. The van der Waals surface area contributed by atoms with Gasteiger partial charge >= 0.3 is 0 Å². The quantitative estimate of drug-likeness (QED) is 0.555. The van der Waals surface area contributed by atoms with Crippen LogP contribution >= 0.6 is 23.2 Å². The van der Waals surface area contributed by atoms with Crippen LogP contribution in [0.4, 0.5) is 0 Å². The summed E-state index contributed by atoms with van der Waals surface area (Å²) >= 11 is 11.5. The van der Waals surface area contributed by atoms with Crippen LogP contribution in [0.3, 0.4) is 0 Å². The van der Waals surface area contributed by atoms with Crippen molar-refractivity contribution in [3.05, 3.63) is 34.3 Å². The highest BCUT2D eigenvalue weighted by Crippen LogP contribution is 2.23. The van der Waals surface area contributed by atoms with Crippen molar-refractivity contribution in [3.63, 3.8) is 0 Å². The summed E-state index contributed by atoms with van der Waals surface area (Å²) in [7, 11) is 0. The Labute approximate surface area is 89.7 Å². The van der Waals surface area contributed by atoms with Crippen LogP contribution in [0.1, 0.15) is 10.5 Å². The second-order valence-electron chi connectivity index (χ2n) is 2.68. The largest absolute Gasteiger partial charge is 0.296 e. The van der Waals surface area contributed by atoms with E-state index >= 15 is 0 Å². The minimum Gasteiger partial charge on any atom is -0.296 e. The van der Waals surface area contributed by atoms with E-state index < -0.39 is 0 Å². The number of nitrogens with zero attached hydrogens (tertiary/aromatic N) is 2. The Morgan fingerprint density at radius 3 is 2.79 bits per heavy atom. The number of carbonyl (C=O) groups is 1. The maximum atomic E-state index is 10.5. The molecule has 0 spiro atoms. The summed E-state index contributed by atoms with van der Waals surface area (Å²) in [5.41, 5.74) is 0.343. The fourth-order valence-electron chi connectivity index (χ4n) is 1.16. The molecule has 2 aromatic heterocycles. The maximum absolute atomic E-state index is 10.5. The molecule has 14 heavy (non-hydrogen) atoms. The van der Waals surface area contributed by atoms with Crippen LogP contribution in [0, 0.1) is 0 Å². The Morgan fingerprint density at radius 2 is 2.07 bits per heavy atom. The van der Waals surface area contributed by atoms with Crippen molar-refractivity contribution in [1.82, 2.24) is 9.97 Å². The number of hydrogen-bond acceptors (Lipinski definition) is 3. The molecule has 0 aliphatic carbocycles. The number of fused-ring (bicyclic) bond motifs is 1. The van der Waals surface area contributed by atoms with Gasteiger partial charge in [0.1, 0.15) is 16.0 Å². The van der Waals surface area contributed by atoms with Crippen LogP contribution in [0.15, 0.2) is 18.3 Å². The van der Waals surface area contributed by atoms with Gasteiger partial charge in [-0.15, -0.1) is 0 Å². The summed E-state index contributed by atoms with van der Waals surface area (Å²) in [4.78, 5) is 18.2. The van der Waals surface area contributed by atoms with Crippen molar-refractivity contribution in [2.24, 2.45) is 0 Å². The smallest absolute Gasteiger partial charge is 0.168 e. The van der Waals surface area contributed by atoms with Gasteiger partial charge in [0, 0.05) is 11.6 Å². The van der Waals surface area contributed by atoms with Crippen molar-refractivity contribution in [2.45, 2.75) is 0 Å². The lowest BCUT2D eigenvalue weighted by atomic mass is 10.2. The number of rotatable bonds is 1. The van der Waals surface area contributed by atoms with Gasteiger partial charge in [0.2, 0.25) is 0 Å². The third-order valence-electron chi connectivity index (χ3n) is 1.78. The molecule has 0 amide bonds. The molecule has 0 aromatic carbocycles. The van der Waals surface area contributed by atoms with E-state index in [1.807, 2.05) is 0 Å². The lowest BCUT2D eigenvalue weighted by Crippen LogP contribution is -1.88. The van der Waals surface area contributed by atoms with Gasteiger partial charge in [-0.3, -0.25) is 9.78 Å². The molecular formula is C9H4Cl2N2O. The Bertz CT molecular complexity index is 513. The molecule has 2 rings (SSSR count). The third kappa shape index (κ3) is 1.56. The predicted octanol–water partition coefficient (Wildman–Crippen LogP) is 2.75. The SMILES string of the molecule is O=Cc1cc2cc(Cl)nc(Cl)c2cn1. The van der Waals surface area contributed by atoms with E-state index in [9.17, 15) is 4.79 Å². The lowest BCUT2D eigenvalue weighted by molar-refractivity contribution is 0.111. The number of carbonyl (C=O) groups excluding carboxylic acids is 1. The molecule has 5 heteroatoms. The second kappa shape index (κ2) is 3.52. The molecule has 0 unspecified atom stereocenters. The molecule has 0 bridgehead atoms. The highest BCUT2D eigenvalue weighted by atomic mass is 35.5. The highest BCUT2D eigenvalue weighted by molar-refractivity contribution is 6.36. The Kier molecular flexibility index (Phi) is 2.35. The van der Waals surface area contributed by atoms with Gasteiger partial charge in [-0.05, 0) is 17.5 Å². The molecule has 70 valence electrons. The summed E-state index contributed by atoms with van der Waals surface area (Å²) in [5, 5.41) is 2.02. The minimum absolute atomic E-state index is 0.289. The van der Waals surface area contributed by atoms with Gasteiger partial charge < -0.3 is 0 Å². The van der Waals surface area contributed by atoms with Crippen molar-refractivity contribution in [1.29, 1.82) is 0 Å². The highest BCUT2D eigenvalue weighted by Gasteiger charge is 2.04. The number of aromatic nitrogens is 2. The molecule has 0 radical (unpaired) electrons. The first-order valence-corrected chi connectivity index (χ1v) is 4.53. The van der Waals surface area contributed by atoms with Gasteiger partial charge in [0.15, 0.2) is 6.29 Å². The predicted molar refractivity (Wildman–Crippen MR) is 54.9 cm³/mol. The topological polar surface area (TPSA) is 42.9 Å². The standard InChI is InChI=1S/C9H4Cl2N2O/c10-8-2-5-1-6(4-14)12-3-7(5)9(11)13-8/h1-4H. The van der Waals surface area contributed by atoms with Crippen molar-refractivity contribution in [2.75, 3.05) is 0 Å². The second-order valence-corrected chi connectivity index (χ2v) is 3.43. The van der Waals surface area contributed by atoms with E-state index in [2.05, 4.69) is 9.97 Å². The van der Waals surface area contributed by atoms with Gasteiger partial charge in [-0.1, -0.05) is 23.2 Å². The van der Waals surface area contributed by atoms with Crippen LogP contribution in [-0.4, -0.2) is 16.3 Å². The van der Waals surface area contributed by atoms with Crippen LogP contribution in [-0.2, 0) is 0 Å².